The Bertz CT molecular complexity index is 1190. The van der Waals surface area contributed by atoms with Crippen molar-refractivity contribution in [2.75, 3.05) is 13.1 Å². The number of fused-ring (bicyclic) bond motifs is 1. The zero-order valence-electron chi connectivity index (χ0n) is 14.5. The van der Waals surface area contributed by atoms with Crippen molar-refractivity contribution in [2.45, 2.75) is 23.7 Å². The van der Waals surface area contributed by atoms with Crippen LogP contribution in [-0.2, 0) is 10.0 Å². The summed E-state index contributed by atoms with van der Waals surface area (Å²) in [6.07, 6.45) is 1.51. The van der Waals surface area contributed by atoms with E-state index in [2.05, 4.69) is 22.1 Å². The minimum atomic E-state index is -3.70. The first kappa shape index (κ1) is 17.7. The van der Waals surface area contributed by atoms with E-state index in [0.29, 0.717) is 24.5 Å². The van der Waals surface area contributed by atoms with Crippen LogP contribution in [0.4, 0.5) is 0 Å². The predicted molar refractivity (Wildman–Crippen MR) is 102 cm³/mol. The molecule has 1 saturated heterocycles. The third-order valence-corrected chi connectivity index (χ3v) is 6.97. The third kappa shape index (κ3) is 3.33. The van der Waals surface area contributed by atoms with Crippen LogP contribution in [0, 0.1) is 0 Å². The number of benzene rings is 2. The summed E-state index contributed by atoms with van der Waals surface area (Å²) in [6, 6.07) is 14.3. The summed E-state index contributed by atoms with van der Waals surface area (Å²) in [5, 5.41) is 0.148. The number of aromatic amines is 2. The molecule has 2 aromatic carbocycles. The highest BCUT2D eigenvalue weighted by molar-refractivity contribution is 7.89. The van der Waals surface area contributed by atoms with Gasteiger partial charge in [0.25, 0.3) is 5.56 Å². The Morgan fingerprint density at radius 3 is 2.33 bits per heavy atom. The normalized spacial score (nSPS) is 16.6. The van der Waals surface area contributed by atoms with Crippen LogP contribution in [-0.4, -0.2) is 35.8 Å². The standard InChI is InChI=1S/C19H19N3O4S/c23-18-16-12-15(6-7-17(16)20-19(24)21-18)27(25,26)22-10-8-14(9-11-22)13-4-2-1-3-5-13/h1-7,12,14H,8-11H2,(H2,20,21,23,24). The first-order valence-corrected chi connectivity index (χ1v) is 10.2. The first-order valence-electron chi connectivity index (χ1n) is 8.76. The van der Waals surface area contributed by atoms with Gasteiger partial charge in [-0.2, -0.15) is 4.31 Å². The summed E-state index contributed by atoms with van der Waals surface area (Å²) in [5.41, 5.74) is 0.320. The molecule has 0 atom stereocenters. The molecule has 2 N–H and O–H groups in total. The Labute approximate surface area is 155 Å². The maximum Gasteiger partial charge on any atom is 0.326 e. The molecular weight excluding hydrogens is 366 g/mol. The number of nitrogens with zero attached hydrogens (tertiary/aromatic N) is 1. The summed E-state index contributed by atoms with van der Waals surface area (Å²) >= 11 is 0. The zero-order chi connectivity index (χ0) is 19.0. The molecule has 4 rings (SSSR count). The first-order chi connectivity index (χ1) is 12.9. The highest BCUT2D eigenvalue weighted by atomic mass is 32.2. The van der Waals surface area contributed by atoms with Gasteiger partial charge in [0.2, 0.25) is 10.0 Å². The highest BCUT2D eigenvalue weighted by Gasteiger charge is 2.30. The topological polar surface area (TPSA) is 103 Å². The molecule has 7 nitrogen and oxygen atoms in total. The fourth-order valence-corrected chi connectivity index (χ4v) is 5.10. The lowest BCUT2D eigenvalue weighted by molar-refractivity contribution is 0.319. The second kappa shape index (κ2) is 6.79. The molecule has 0 bridgehead atoms. The lowest BCUT2D eigenvalue weighted by atomic mass is 9.90. The molecule has 0 aliphatic carbocycles. The van der Waals surface area contributed by atoms with E-state index in [4.69, 9.17) is 0 Å². The SMILES string of the molecule is O=c1[nH]c(=O)c2cc(S(=O)(=O)N3CCC(c4ccccc4)CC3)ccc2[nH]1. The van der Waals surface area contributed by atoms with Crippen molar-refractivity contribution in [2.24, 2.45) is 0 Å². The summed E-state index contributed by atoms with van der Waals surface area (Å²) < 4.78 is 27.5. The van der Waals surface area contributed by atoms with Gasteiger partial charge in [0.1, 0.15) is 0 Å². The van der Waals surface area contributed by atoms with Crippen LogP contribution in [0.5, 0.6) is 0 Å². The van der Waals surface area contributed by atoms with E-state index in [1.807, 2.05) is 18.2 Å². The second-order valence-corrected chi connectivity index (χ2v) is 8.64. The van der Waals surface area contributed by atoms with E-state index in [1.165, 1.54) is 28.1 Å². The Balaban J connectivity index is 1.60. The minimum Gasteiger partial charge on any atom is -0.307 e. The lowest BCUT2D eigenvalue weighted by Crippen LogP contribution is -2.38. The van der Waals surface area contributed by atoms with Crippen LogP contribution in [0.1, 0.15) is 24.3 Å². The van der Waals surface area contributed by atoms with Crippen molar-refractivity contribution in [1.82, 2.24) is 14.3 Å². The van der Waals surface area contributed by atoms with Gasteiger partial charge in [0.15, 0.2) is 0 Å². The quantitative estimate of drug-likeness (QED) is 0.717. The number of hydrogen-bond donors (Lipinski definition) is 2. The molecule has 1 fully saturated rings. The van der Waals surface area contributed by atoms with Crippen LogP contribution < -0.4 is 11.2 Å². The Morgan fingerprint density at radius 2 is 1.63 bits per heavy atom. The molecule has 140 valence electrons. The molecule has 0 unspecified atom stereocenters. The molecule has 1 aliphatic rings. The van der Waals surface area contributed by atoms with E-state index in [1.54, 1.807) is 0 Å². The molecule has 0 saturated carbocycles. The number of aromatic nitrogens is 2. The number of H-pyrrole nitrogens is 2. The molecule has 1 aliphatic heterocycles. The average molecular weight is 385 g/mol. The van der Waals surface area contributed by atoms with Crippen molar-refractivity contribution in [3.05, 3.63) is 74.9 Å². The number of piperidine rings is 1. The van der Waals surface area contributed by atoms with Gasteiger partial charge < -0.3 is 4.98 Å². The smallest absolute Gasteiger partial charge is 0.307 e. The van der Waals surface area contributed by atoms with Gasteiger partial charge in [-0.1, -0.05) is 30.3 Å². The van der Waals surface area contributed by atoms with Crippen molar-refractivity contribution in [3.8, 4) is 0 Å². The van der Waals surface area contributed by atoms with Crippen LogP contribution in [0.2, 0.25) is 0 Å². The van der Waals surface area contributed by atoms with Gasteiger partial charge in [0.05, 0.1) is 15.8 Å². The predicted octanol–water partition coefficient (Wildman–Crippen LogP) is 1.78. The van der Waals surface area contributed by atoms with Crippen LogP contribution >= 0.6 is 0 Å². The van der Waals surface area contributed by atoms with Crippen LogP contribution in [0.3, 0.4) is 0 Å². The largest absolute Gasteiger partial charge is 0.326 e. The zero-order valence-corrected chi connectivity index (χ0v) is 15.3. The van der Waals surface area contributed by atoms with Crippen molar-refractivity contribution < 1.29 is 8.42 Å². The summed E-state index contributed by atoms with van der Waals surface area (Å²) in [7, 11) is -3.70. The lowest BCUT2D eigenvalue weighted by Gasteiger charge is -2.31. The van der Waals surface area contributed by atoms with Crippen molar-refractivity contribution in [1.29, 1.82) is 0 Å². The monoisotopic (exact) mass is 385 g/mol. The number of rotatable bonds is 3. The number of hydrogen-bond acceptors (Lipinski definition) is 4. The third-order valence-electron chi connectivity index (χ3n) is 5.07. The molecule has 1 aromatic heterocycles. The van der Waals surface area contributed by atoms with Crippen molar-refractivity contribution >= 4 is 20.9 Å². The van der Waals surface area contributed by atoms with E-state index < -0.39 is 21.3 Å². The van der Waals surface area contributed by atoms with Gasteiger partial charge in [-0.3, -0.25) is 9.78 Å². The van der Waals surface area contributed by atoms with Gasteiger partial charge in [0, 0.05) is 13.1 Å². The molecular formula is C19H19N3O4S. The molecule has 27 heavy (non-hydrogen) atoms. The van der Waals surface area contributed by atoms with Gasteiger partial charge in [-0.15, -0.1) is 0 Å². The van der Waals surface area contributed by atoms with Gasteiger partial charge in [-0.25, -0.2) is 13.2 Å². The molecule has 2 heterocycles. The molecule has 8 heteroatoms. The molecule has 0 spiro atoms. The molecule has 0 amide bonds. The average Bonchev–Trinajstić information content (AvgIpc) is 2.68. The Hall–Kier alpha value is -2.71. The highest BCUT2D eigenvalue weighted by Crippen LogP contribution is 2.30. The minimum absolute atomic E-state index is 0.0608. The fourth-order valence-electron chi connectivity index (χ4n) is 3.61. The summed E-state index contributed by atoms with van der Waals surface area (Å²) in [4.78, 5) is 28.0. The molecule has 3 aromatic rings. The van der Waals surface area contributed by atoms with E-state index in [9.17, 15) is 18.0 Å². The number of nitrogens with one attached hydrogen (secondary N) is 2. The van der Waals surface area contributed by atoms with Gasteiger partial charge in [-0.05, 0) is 42.5 Å². The van der Waals surface area contributed by atoms with Gasteiger partial charge >= 0.3 is 5.69 Å². The summed E-state index contributed by atoms with van der Waals surface area (Å²) in [5.74, 6) is 0.349. The second-order valence-electron chi connectivity index (χ2n) is 6.70. The van der Waals surface area contributed by atoms with E-state index in [0.717, 1.165) is 12.8 Å². The van der Waals surface area contributed by atoms with Crippen molar-refractivity contribution in [3.63, 3.8) is 0 Å². The Kier molecular flexibility index (Phi) is 4.45. The van der Waals surface area contributed by atoms with Crippen LogP contribution in [0.15, 0.2) is 63.0 Å². The van der Waals surface area contributed by atoms with E-state index >= 15 is 0 Å². The fraction of sp³-hybridized carbons (Fsp3) is 0.263. The Morgan fingerprint density at radius 1 is 0.926 bits per heavy atom. The maximum atomic E-state index is 13.0. The maximum absolute atomic E-state index is 13.0. The van der Waals surface area contributed by atoms with Crippen LogP contribution in [0.25, 0.3) is 10.9 Å². The summed E-state index contributed by atoms with van der Waals surface area (Å²) in [6.45, 7) is 0.865. The number of sulfonamides is 1. The molecule has 0 radical (unpaired) electrons. The van der Waals surface area contributed by atoms with E-state index in [-0.39, 0.29) is 10.3 Å².